The molecule has 0 heterocycles. The van der Waals surface area contributed by atoms with Crippen LogP contribution in [0.15, 0.2) is 12.1 Å². The van der Waals surface area contributed by atoms with Crippen LogP contribution >= 0.6 is 22.6 Å². The summed E-state index contributed by atoms with van der Waals surface area (Å²) in [4.78, 5) is 11.2. The van der Waals surface area contributed by atoms with Crippen molar-refractivity contribution < 1.29 is 14.6 Å². The van der Waals surface area contributed by atoms with Crippen LogP contribution in [0.5, 0.6) is 5.75 Å². The normalized spacial score (nSPS) is 9.21. The Kier molecular flexibility index (Phi) is 3.30. The van der Waals surface area contributed by atoms with E-state index in [2.05, 4.69) is 4.74 Å². The second-order valence-electron chi connectivity index (χ2n) is 2.45. The number of rotatable bonds is 1. The summed E-state index contributed by atoms with van der Waals surface area (Å²) in [6.07, 6.45) is 0. The molecule has 0 fully saturated rings. The summed E-state index contributed by atoms with van der Waals surface area (Å²) in [6.45, 7) is 0. The highest BCUT2D eigenvalue weighted by Crippen LogP contribution is 2.23. The maximum Gasteiger partial charge on any atom is 0.339 e. The van der Waals surface area contributed by atoms with Crippen molar-refractivity contribution in [1.29, 1.82) is 5.26 Å². The van der Waals surface area contributed by atoms with Gasteiger partial charge in [-0.1, -0.05) is 0 Å². The van der Waals surface area contributed by atoms with E-state index >= 15 is 0 Å². The van der Waals surface area contributed by atoms with Crippen LogP contribution in [0.1, 0.15) is 15.9 Å². The zero-order valence-corrected chi connectivity index (χ0v) is 9.40. The third-order valence-corrected chi connectivity index (χ3v) is 2.44. The highest BCUT2D eigenvalue weighted by Gasteiger charge is 2.15. The second-order valence-corrected chi connectivity index (χ2v) is 3.62. The van der Waals surface area contributed by atoms with E-state index in [4.69, 9.17) is 5.26 Å². The molecular weight excluding hydrogens is 297 g/mol. The van der Waals surface area contributed by atoms with Crippen molar-refractivity contribution in [2.24, 2.45) is 0 Å². The average Bonchev–Trinajstić information content (AvgIpc) is 2.15. The first-order valence-corrected chi connectivity index (χ1v) is 4.69. The van der Waals surface area contributed by atoms with Crippen LogP contribution in [0.25, 0.3) is 0 Å². The number of nitrogens with zero attached hydrogens (tertiary/aromatic N) is 1. The van der Waals surface area contributed by atoms with Crippen molar-refractivity contribution in [3.63, 3.8) is 0 Å². The molecule has 1 N–H and O–H groups in total. The highest BCUT2D eigenvalue weighted by molar-refractivity contribution is 14.1. The number of nitriles is 1. The van der Waals surface area contributed by atoms with E-state index in [9.17, 15) is 9.90 Å². The second kappa shape index (κ2) is 4.28. The monoisotopic (exact) mass is 303 g/mol. The third-order valence-electron chi connectivity index (χ3n) is 1.59. The van der Waals surface area contributed by atoms with E-state index in [0.717, 1.165) is 0 Å². The molecule has 0 aliphatic rings. The maximum absolute atomic E-state index is 11.2. The number of carbonyl (C=O) groups excluding carboxylic acids is 1. The minimum absolute atomic E-state index is 0.0613. The van der Waals surface area contributed by atoms with Crippen molar-refractivity contribution in [3.8, 4) is 11.8 Å². The number of hydrogen-bond acceptors (Lipinski definition) is 4. The fourth-order valence-electron chi connectivity index (χ4n) is 0.977. The molecule has 0 atom stereocenters. The summed E-state index contributed by atoms with van der Waals surface area (Å²) in [5.41, 5.74) is 0.301. The molecule has 1 aromatic rings. The van der Waals surface area contributed by atoms with E-state index < -0.39 is 5.97 Å². The fourth-order valence-corrected chi connectivity index (χ4v) is 1.71. The van der Waals surface area contributed by atoms with Gasteiger partial charge in [-0.25, -0.2) is 4.79 Å². The first-order chi connectivity index (χ1) is 6.60. The Morgan fingerprint density at radius 3 is 2.79 bits per heavy atom. The topological polar surface area (TPSA) is 70.3 Å². The number of halogens is 1. The number of esters is 1. The molecule has 0 amide bonds. The summed E-state index contributed by atoms with van der Waals surface area (Å²) in [5.74, 6) is -0.691. The summed E-state index contributed by atoms with van der Waals surface area (Å²) < 4.78 is 5.00. The van der Waals surface area contributed by atoms with Gasteiger partial charge in [0.25, 0.3) is 0 Å². The van der Waals surface area contributed by atoms with E-state index in [-0.39, 0.29) is 16.9 Å². The van der Waals surface area contributed by atoms with Crippen LogP contribution in [-0.4, -0.2) is 18.2 Å². The first-order valence-electron chi connectivity index (χ1n) is 3.61. The number of ether oxygens (including phenoxy) is 1. The van der Waals surface area contributed by atoms with Gasteiger partial charge in [0.2, 0.25) is 0 Å². The minimum atomic E-state index is -0.629. The fraction of sp³-hybridized carbons (Fsp3) is 0.111. The van der Waals surface area contributed by atoms with Crippen LogP contribution < -0.4 is 0 Å². The predicted molar refractivity (Wildman–Crippen MR) is 56.9 cm³/mol. The molecular formula is C9H6INO3. The van der Waals surface area contributed by atoms with Gasteiger partial charge in [-0.15, -0.1) is 0 Å². The Morgan fingerprint density at radius 1 is 1.64 bits per heavy atom. The molecule has 0 saturated carbocycles. The number of phenols is 1. The summed E-state index contributed by atoms with van der Waals surface area (Å²) >= 11 is 1.87. The number of benzene rings is 1. The lowest BCUT2D eigenvalue weighted by atomic mass is 10.1. The van der Waals surface area contributed by atoms with Gasteiger partial charge in [-0.3, -0.25) is 0 Å². The van der Waals surface area contributed by atoms with Crippen LogP contribution in [0.3, 0.4) is 0 Å². The van der Waals surface area contributed by atoms with Crippen LogP contribution in [0.2, 0.25) is 0 Å². The molecule has 1 aromatic carbocycles. The van der Waals surface area contributed by atoms with Crippen molar-refractivity contribution in [2.75, 3.05) is 7.11 Å². The van der Waals surface area contributed by atoms with Crippen molar-refractivity contribution in [3.05, 3.63) is 26.8 Å². The summed E-state index contributed by atoms with van der Waals surface area (Å²) in [7, 11) is 1.22. The quantitative estimate of drug-likeness (QED) is 0.632. The Morgan fingerprint density at radius 2 is 2.29 bits per heavy atom. The molecule has 72 valence electrons. The van der Waals surface area contributed by atoms with E-state index in [1.54, 1.807) is 0 Å². The lowest BCUT2D eigenvalue weighted by Gasteiger charge is -2.04. The van der Waals surface area contributed by atoms with Gasteiger partial charge >= 0.3 is 5.97 Å². The lowest BCUT2D eigenvalue weighted by Crippen LogP contribution is -2.05. The SMILES string of the molecule is COC(=O)c1cc(O)cc(I)c1C#N. The van der Waals surface area contributed by atoms with Crippen LogP contribution in [0.4, 0.5) is 0 Å². The van der Waals surface area contributed by atoms with Gasteiger partial charge in [0.05, 0.1) is 18.2 Å². The molecule has 0 bridgehead atoms. The molecule has 14 heavy (non-hydrogen) atoms. The molecule has 0 aliphatic carbocycles. The lowest BCUT2D eigenvalue weighted by molar-refractivity contribution is 0.0600. The Hall–Kier alpha value is -1.29. The highest BCUT2D eigenvalue weighted by atomic mass is 127. The van der Waals surface area contributed by atoms with Crippen molar-refractivity contribution in [2.45, 2.75) is 0 Å². The van der Waals surface area contributed by atoms with Gasteiger partial charge in [0, 0.05) is 3.57 Å². The number of aromatic hydroxyl groups is 1. The number of phenolic OH excluding ortho intramolecular Hbond substituents is 1. The van der Waals surface area contributed by atoms with E-state index in [0.29, 0.717) is 3.57 Å². The average molecular weight is 303 g/mol. The zero-order valence-electron chi connectivity index (χ0n) is 7.24. The molecule has 0 spiro atoms. The molecule has 0 radical (unpaired) electrons. The van der Waals surface area contributed by atoms with Gasteiger partial charge in [0.15, 0.2) is 0 Å². The van der Waals surface area contributed by atoms with Gasteiger partial charge in [-0.05, 0) is 34.7 Å². The smallest absolute Gasteiger partial charge is 0.339 e. The summed E-state index contributed by atoms with van der Waals surface area (Å²) in [5, 5.41) is 18.0. The zero-order chi connectivity index (χ0) is 10.7. The minimum Gasteiger partial charge on any atom is -0.508 e. The standard InChI is InChI=1S/C9H6INO3/c1-14-9(13)6-2-5(12)3-8(10)7(6)4-11/h2-3,12H,1H3. The number of hydrogen-bond donors (Lipinski definition) is 1. The molecule has 0 unspecified atom stereocenters. The van der Waals surface area contributed by atoms with Crippen molar-refractivity contribution in [1.82, 2.24) is 0 Å². The Labute approximate surface area is 94.2 Å². The molecule has 0 aromatic heterocycles. The first kappa shape index (κ1) is 10.8. The van der Waals surface area contributed by atoms with Crippen LogP contribution in [0, 0.1) is 14.9 Å². The Bertz CT molecular complexity index is 423. The third kappa shape index (κ3) is 1.96. The van der Waals surface area contributed by atoms with Crippen LogP contribution in [-0.2, 0) is 4.74 Å². The molecule has 1 rings (SSSR count). The number of methoxy groups -OCH3 is 1. The largest absolute Gasteiger partial charge is 0.508 e. The predicted octanol–water partition coefficient (Wildman–Crippen LogP) is 1.66. The molecule has 4 nitrogen and oxygen atoms in total. The van der Waals surface area contributed by atoms with Crippen molar-refractivity contribution >= 4 is 28.6 Å². The van der Waals surface area contributed by atoms with Gasteiger partial charge in [-0.2, -0.15) is 5.26 Å². The molecule has 0 saturated heterocycles. The van der Waals surface area contributed by atoms with E-state index in [1.807, 2.05) is 28.7 Å². The Balaban J connectivity index is 3.41. The maximum atomic E-state index is 11.2. The van der Waals surface area contributed by atoms with Gasteiger partial charge < -0.3 is 9.84 Å². The van der Waals surface area contributed by atoms with E-state index in [1.165, 1.54) is 19.2 Å². The number of carbonyl (C=O) groups is 1. The van der Waals surface area contributed by atoms with Gasteiger partial charge in [0.1, 0.15) is 11.8 Å². The summed E-state index contributed by atoms with van der Waals surface area (Å²) in [6, 6.07) is 4.51. The molecule has 5 heteroatoms. The molecule has 0 aliphatic heterocycles.